The normalized spacial score (nSPS) is 10.3. The zero-order chi connectivity index (χ0) is 16.8. The maximum atomic E-state index is 12.4. The highest BCUT2D eigenvalue weighted by Gasteiger charge is 2.11. The van der Waals surface area contributed by atoms with Crippen molar-refractivity contribution in [2.24, 2.45) is 0 Å². The van der Waals surface area contributed by atoms with Crippen LogP contribution >= 0.6 is 23.8 Å². The Hall–Kier alpha value is -2.12. The number of ether oxygens (including phenoxy) is 2. The molecule has 2 aromatic rings. The van der Waals surface area contributed by atoms with Crippen LogP contribution in [0.1, 0.15) is 0 Å². The average molecular weight is 359 g/mol. The van der Waals surface area contributed by atoms with Crippen LogP contribution in [-0.4, -0.2) is 18.8 Å². The van der Waals surface area contributed by atoms with Gasteiger partial charge >= 0.3 is 6.61 Å². The molecule has 8 heteroatoms. The van der Waals surface area contributed by atoms with Gasteiger partial charge < -0.3 is 20.1 Å². The van der Waals surface area contributed by atoms with E-state index in [9.17, 15) is 8.78 Å². The molecule has 0 bridgehead atoms. The molecule has 0 aliphatic carbocycles. The maximum absolute atomic E-state index is 12.4. The lowest BCUT2D eigenvalue weighted by atomic mass is 10.3. The number of methoxy groups -OCH3 is 1. The third kappa shape index (κ3) is 4.94. The summed E-state index contributed by atoms with van der Waals surface area (Å²) in [6, 6.07) is 11.2. The zero-order valence-electron chi connectivity index (χ0n) is 12.0. The van der Waals surface area contributed by atoms with Crippen LogP contribution in [0, 0.1) is 0 Å². The first-order valence-electron chi connectivity index (χ1n) is 6.45. The van der Waals surface area contributed by atoms with E-state index >= 15 is 0 Å². The van der Waals surface area contributed by atoms with E-state index in [1.54, 1.807) is 36.4 Å². The van der Waals surface area contributed by atoms with E-state index in [0.29, 0.717) is 22.1 Å². The second kappa shape index (κ2) is 7.94. The molecule has 0 aromatic heterocycles. The fourth-order valence-corrected chi connectivity index (χ4v) is 2.21. The molecule has 0 saturated heterocycles. The molecule has 0 fully saturated rings. The van der Waals surface area contributed by atoms with Gasteiger partial charge in [-0.15, -0.1) is 0 Å². The largest absolute Gasteiger partial charge is 0.495 e. The summed E-state index contributed by atoms with van der Waals surface area (Å²) in [7, 11) is 1.51. The smallest absolute Gasteiger partial charge is 0.387 e. The van der Waals surface area contributed by atoms with Gasteiger partial charge in [-0.25, -0.2) is 0 Å². The van der Waals surface area contributed by atoms with E-state index < -0.39 is 6.61 Å². The van der Waals surface area contributed by atoms with Crippen LogP contribution in [0.15, 0.2) is 42.5 Å². The summed E-state index contributed by atoms with van der Waals surface area (Å²) in [6.07, 6.45) is 0. The number of thiocarbonyl (C=S) groups is 1. The first kappa shape index (κ1) is 17.2. The molecule has 0 amide bonds. The van der Waals surface area contributed by atoms with Crippen LogP contribution in [0.4, 0.5) is 20.2 Å². The van der Waals surface area contributed by atoms with Crippen LogP contribution < -0.4 is 20.1 Å². The van der Waals surface area contributed by atoms with Gasteiger partial charge in [-0.05, 0) is 42.5 Å². The first-order chi connectivity index (χ1) is 11.0. The van der Waals surface area contributed by atoms with Crippen molar-refractivity contribution < 1.29 is 18.3 Å². The van der Waals surface area contributed by atoms with E-state index in [4.69, 9.17) is 28.6 Å². The molecule has 2 N–H and O–H groups in total. The number of hydrogen-bond acceptors (Lipinski definition) is 3. The Morgan fingerprint density at radius 3 is 2.48 bits per heavy atom. The third-order valence-corrected chi connectivity index (χ3v) is 3.20. The third-order valence-electron chi connectivity index (χ3n) is 2.76. The highest BCUT2D eigenvalue weighted by molar-refractivity contribution is 7.80. The quantitative estimate of drug-likeness (QED) is 0.754. The highest BCUT2D eigenvalue weighted by atomic mass is 35.5. The van der Waals surface area contributed by atoms with Gasteiger partial charge in [0.05, 0.1) is 18.5 Å². The SMILES string of the molecule is COc1ccc(Cl)cc1NC(=S)Nc1ccccc1OC(F)F. The van der Waals surface area contributed by atoms with E-state index in [2.05, 4.69) is 15.4 Å². The van der Waals surface area contributed by atoms with Crippen molar-refractivity contribution in [2.75, 3.05) is 17.7 Å². The predicted molar refractivity (Wildman–Crippen MR) is 90.9 cm³/mol. The van der Waals surface area contributed by atoms with Crippen LogP contribution in [0.25, 0.3) is 0 Å². The second-order valence-electron chi connectivity index (χ2n) is 4.30. The number of halogens is 3. The molecule has 23 heavy (non-hydrogen) atoms. The Kier molecular flexibility index (Phi) is 5.95. The summed E-state index contributed by atoms with van der Waals surface area (Å²) in [5.41, 5.74) is 0.857. The number of anilines is 2. The topological polar surface area (TPSA) is 42.5 Å². The molecular formula is C15H13ClF2N2O2S. The summed E-state index contributed by atoms with van der Waals surface area (Å²) in [6.45, 7) is -2.92. The number of para-hydroxylation sites is 2. The first-order valence-corrected chi connectivity index (χ1v) is 7.23. The van der Waals surface area contributed by atoms with Crippen LogP contribution in [0.3, 0.4) is 0 Å². The monoisotopic (exact) mass is 358 g/mol. The fourth-order valence-electron chi connectivity index (χ4n) is 1.82. The molecule has 0 heterocycles. The number of benzene rings is 2. The molecule has 0 spiro atoms. The molecule has 122 valence electrons. The average Bonchev–Trinajstić information content (AvgIpc) is 2.49. The maximum Gasteiger partial charge on any atom is 0.387 e. The molecule has 2 aromatic carbocycles. The van der Waals surface area contributed by atoms with Gasteiger partial charge in [0.25, 0.3) is 0 Å². The minimum atomic E-state index is -2.92. The molecule has 0 saturated carbocycles. The summed E-state index contributed by atoms with van der Waals surface area (Å²) < 4.78 is 34.4. The lowest BCUT2D eigenvalue weighted by Gasteiger charge is -2.16. The van der Waals surface area contributed by atoms with Gasteiger partial charge in [0.15, 0.2) is 5.11 Å². The van der Waals surface area contributed by atoms with Crippen molar-refractivity contribution in [3.8, 4) is 11.5 Å². The Bertz CT molecular complexity index is 701. The molecule has 0 radical (unpaired) electrons. The molecule has 0 aliphatic heterocycles. The van der Waals surface area contributed by atoms with E-state index in [0.717, 1.165) is 0 Å². The fraction of sp³-hybridized carbons (Fsp3) is 0.133. The molecule has 0 unspecified atom stereocenters. The van der Waals surface area contributed by atoms with Crippen LogP contribution in [0.2, 0.25) is 5.02 Å². The van der Waals surface area contributed by atoms with Crippen molar-refractivity contribution in [3.05, 3.63) is 47.5 Å². The van der Waals surface area contributed by atoms with Gasteiger partial charge in [-0.2, -0.15) is 8.78 Å². The summed E-state index contributed by atoms with van der Waals surface area (Å²) >= 11 is 11.1. The number of hydrogen-bond donors (Lipinski definition) is 2. The van der Waals surface area contributed by atoms with Crippen molar-refractivity contribution >= 4 is 40.3 Å². The van der Waals surface area contributed by atoms with Gasteiger partial charge in [-0.3, -0.25) is 0 Å². The second-order valence-corrected chi connectivity index (χ2v) is 5.14. The minimum absolute atomic E-state index is 0.00953. The molecule has 2 rings (SSSR count). The molecule has 4 nitrogen and oxygen atoms in total. The van der Waals surface area contributed by atoms with Crippen LogP contribution in [-0.2, 0) is 0 Å². The van der Waals surface area contributed by atoms with Gasteiger partial charge in [-0.1, -0.05) is 23.7 Å². The van der Waals surface area contributed by atoms with Gasteiger partial charge in [0, 0.05) is 5.02 Å². The van der Waals surface area contributed by atoms with Crippen LogP contribution in [0.5, 0.6) is 11.5 Å². The summed E-state index contributed by atoms with van der Waals surface area (Å²) in [4.78, 5) is 0. The lowest BCUT2D eigenvalue weighted by molar-refractivity contribution is -0.0493. The van der Waals surface area contributed by atoms with Gasteiger partial charge in [0.2, 0.25) is 0 Å². The Labute approximate surface area is 142 Å². The highest BCUT2D eigenvalue weighted by Crippen LogP contribution is 2.29. The number of alkyl halides is 2. The predicted octanol–water partition coefficient (Wildman–Crippen LogP) is 4.76. The van der Waals surface area contributed by atoms with Crippen molar-refractivity contribution in [1.82, 2.24) is 0 Å². The summed E-state index contributed by atoms with van der Waals surface area (Å²) in [5, 5.41) is 6.37. The lowest BCUT2D eigenvalue weighted by Crippen LogP contribution is -2.20. The molecule has 0 aliphatic rings. The van der Waals surface area contributed by atoms with E-state index in [1.807, 2.05) is 0 Å². The van der Waals surface area contributed by atoms with Crippen molar-refractivity contribution in [3.63, 3.8) is 0 Å². The van der Waals surface area contributed by atoms with Crippen molar-refractivity contribution in [2.45, 2.75) is 6.61 Å². The Balaban J connectivity index is 2.13. The zero-order valence-corrected chi connectivity index (χ0v) is 13.5. The van der Waals surface area contributed by atoms with Gasteiger partial charge in [0.1, 0.15) is 11.5 Å². The standard InChI is InChI=1S/C15H13ClF2N2O2S/c1-21-12-7-6-9(16)8-11(12)20-15(23)19-10-4-2-3-5-13(10)22-14(17)18/h2-8,14H,1H3,(H2,19,20,23). The molecular weight excluding hydrogens is 346 g/mol. The minimum Gasteiger partial charge on any atom is -0.495 e. The Morgan fingerprint density at radius 2 is 1.78 bits per heavy atom. The van der Waals surface area contributed by atoms with Crippen molar-refractivity contribution in [1.29, 1.82) is 0 Å². The number of rotatable bonds is 5. The van der Waals surface area contributed by atoms with E-state index in [1.165, 1.54) is 13.2 Å². The van der Waals surface area contributed by atoms with E-state index in [-0.39, 0.29) is 10.9 Å². The Morgan fingerprint density at radius 1 is 1.09 bits per heavy atom. The number of nitrogens with one attached hydrogen (secondary N) is 2. The molecule has 0 atom stereocenters. The summed E-state index contributed by atoms with van der Waals surface area (Å²) in [5.74, 6) is 0.528.